The van der Waals surface area contributed by atoms with Crippen LogP contribution in [-0.2, 0) is 4.74 Å². The van der Waals surface area contributed by atoms with Crippen LogP contribution in [0.1, 0.15) is 39.5 Å². The molecule has 0 aromatic rings. The van der Waals surface area contributed by atoms with Crippen molar-refractivity contribution in [1.82, 2.24) is 0 Å². The van der Waals surface area contributed by atoms with Crippen molar-refractivity contribution < 1.29 is 9.84 Å². The van der Waals surface area contributed by atoms with Gasteiger partial charge in [0.1, 0.15) is 0 Å². The van der Waals surface area contributed by atoms with Gasteiger partial charge in [0.05, 0.1) is 12.7 Å². The third-order valence-electron chi connectivity index (χ3n) is 2.48. The summed E-state index contributed by atoms with van der Waals surface area (Å²) in [6.07, 6.45) is 4.38. The van der Waals surface area contributed by atoms with E-state index >= 15 is 0 Å². The standard InChI is InChI=1S/C11H25NO2/c1-3-5-6-10(4-2)8-14-9-11(13)7-12/h10-11,13H,3-9,12H2,1-2H3/t10-,11-/m0/s1. The van der Waals surface area contributed by atoms with E-state index in [9.17, 15) is 0 Å². The third-order valence-corrected chi connectivity index (χ3v) is 2.48. The first-order valence-corrected chi connectivity index (χ1v) is 5.70. The number of nitrogens with two attached hydrogens (primary N) is 1. The molecule has 0 aliphatic heterocycles. The van der Waals surface area contributed by atoms with Crippen LogP contribution in [0.3, 0.4) is 0 Å². The van der Waals surface area contributed by atoms with Crippen LogP contribution in [0.25, 0.3) is 0 Å². The average molecular weight is 203 g/mol. The van der Waals surface area contributed by atoms with Crippen LogP contribution in [0.15, 0.2) is 0 Å². The minimum absolute atomic E-state index is 0.283. The molecule has 0 amide bonds. The van der Waals surface area contributed by atoms with Crippen molar-refractivity contribution in [2.45, 2.75) is 45.6 Å². The normalized spacial score (nSPS) is 15.4. The molecule has 0 saturated heterocycles. The second-order valence-corrected chi connectivity index (χ2v) is 3.84. The topological polar surface area (TPSA) is 55.5 Å². The van der Waals surface area contributed by atoms with E-state index in [-0.39, 0.29) is 6.54 Å². The lowest BCUT2D eigenvalue weighted by Crippen LogP contribution is -2.26. The van der Waals surface area contributed by atoms with E-state index in [2.05, 4.69) is 13.8 Å². The fraction of sp³-hybridized carbons (Fsp3) is 1.00. The maximum absolute atomic E-state index is 9.17. The summed E-state index contributed by atoms with van der Waals surface area (Å²) >= 11 is 0. The summed E-state index contributed by atoms with van der Waals surface area (Å²) in [5, 5.41) is 9.17. The van der Waals surface area contributed by atoms with Gasteiger partial charge < -0.3 is 15.6 Å². The predicted octanol–water partition coefficient (Wildman–Crippen LogP) is 1.54. The van der Waals surface area contributed by atoms with E-state index in [4.69, 9.17) is 15.6 Å². The highest BCUT2D eigenvalue weighted by molar-refractivity contribution is 4.58. The first-order chi connectivity index (χ1) is 6.74. The fourth-order valence-corrected chi connectivity index (χ4v) is 1.34. The van der Waals surface area contributed by atoms with Gasteiger partial charge in [0, 0.05) is 13.2 Å². The first-order valence-electron chi connectivity index (χ1n) is 5.70. The van der Waals surface area contributed by atoms with E-state index in [0.29, 0.717) is 12.5 Å². The summed E-state index contributed by atoms with van der Waals surface area (Å²) in [6.45, 7) is 5.80. The molecule has 0 bridgehead atoms. The largest absolute Gasteiger partial charge is 0.389 e. The number of ether oxygens (including phenoxy) is 1. The van der Waals surface area contributed by atoms with Gasteiger partial charge in [-0.15, -0.1) is 0 Å². The lowest BCUT2D eigenvalue weighted by molar-refractivity contribution is 0.0228. The Labute approximate surface area is 87.6 Å². The summed E-state index contributed by atoms with van der Waals surface area (Å²) in [6, 6.07) is 0. The SMILES string of the molecule is CCCC[C@H](CC)COC[C@@H](O)CN. The second-order valence-electron chi connectivity index (χ2n) is 3.84. The van der Waals surface area contributed by atoms with Gasteiger partial charge in [0.2, 0.25) is 0 Å². The molecular formula is C11H25NO2. The molecule has 2 atom stereocenters. The Morgan fingerprint density at radius 3 is 2.50 bits per heavy atom. The highest BCUT2D eigenvalue weighted by Crippen LogP contribution is 2.12. The van der Waals surface area contributed by atoms with Crippen LogP contribution < -0.4 is 5.73 Å². The number of hydrogen-bond acceptors (Lipinski definition) is 3. The van der Waals surface area contributed by atoms with Crippen molar-refractivity contribution >= 4 is 0 Å². The minimum Gasteiger partial charge on any atom is -0.389 e. The van der Waals surface area contributed by atoms with Gasteiger partial charge in [-0.05, 0) is 12.3 Å². The summed E-state index contributed by atoms with van der Waals surface area (Å²) < 4.78 is 5.41. The zero-order valence-corrected chi connectivity index (χ0v) is 9.54. The Morgan fingerprint density at radius 2 is 2.00 bits per heavy atom. The molecule has 0 saturated carbocycles. The molecule has 0 aromatic carbocycles. The highest BCUT2D eigenvalue weighted by Gasteiger charge is 2.07. The predicted molar refractivity (Wildman–Crippen MR) is 59.2 cm³/mol. The van der Waals surface area contributed by atoms with E-state index in [0.717, 1.165) is 13.0 Å². The second kappa shape index (κ2) is 9.44. The van der Waals surface area contributed by atoms with Crippen molar-refractivity contribution in [1.29, 1.82) is 0 Å². The van der Waals surface area contributed by atoms with Crippen LogP contribution in [0.4, 0.5) is 0 Å². The number of unbranched alkanes of at least 4 members (excludes halogenated alkanes) is 1. The van der Waals surface area contributed by atoms with E-state index < -0.39 is 6.10 Å². The highest BCUT2D eigenvalue weighted by atomic mass is 16.5. The summed E-state index contributed by atoms with van der Waals surface area (Å²) in [5.41, 5.74) is 5.27. The van der Waals surface area contributed by atoms with Crippen LogP contribution in [0.2, 0.25) is 0 Å². The monoisotopic (exact) mass is 203 g/mol. The van der Waals surface area contributed by atoms with Crippen molar-refractivity contribution in [3.05, 3.63) is 0 Å². The molecule has 0 radical (unpaired) electrons. The Morgan fingerprint density at radius 1 is 1.29 bits per heavy atom. The molecule has 0 heterocycles. The Bertz CT molecular complexity index is 120. The first kappa shape index (κ1) is 13.9. The van der Waals surface area contributed by atoms with Gasteiger partial charge in [-0.25, -0.2) is 0 Å². The molecule has 0 rings (SSSR count). The van der Waals surface area contributed by atoms with Crippen molar-refractivity contribution in [3.8, 4) is 0 Å². The van der Waals surface area contributed by atoms with Crippen LogP contribution in [0, 0.1) is 5.92 Å². The van der Waals surface area contributed by atoms with Crippen molar-refractivity contribution in [2.75, 3.05) is 19.8 Å². The molecule has 0 aliphatic rings. The molecule has 0 unspecified atom stereocenters. The molecule has 0 aromatic heterocycles. The van der Waals surface area contributed by atoms with Crippen LogP contribution in [-0.4, -0.2) is 31.0 Å². The van der Waals surface area contributed by atoms with Gasteiger partial charge in [-0.1, -0.05) is 33.1 Å². The van der Waals surface area contributed by atoms with Crippen LogP contribution in [0.5, 0.6) is 0 Å². The molecular weight excluding hydrogens is 178 g/mol. The summed E-state index contributed by atoms with van der Waals surface area (Å²) in [7, 11) is 0. The molecule has 0 spiro atoms. The van der Waals surface area contributed by atoms with Gasteiger partial charge in [0.25, 0.3) is 0 Å². The smallest absolute Gasteiger partial charge is 0.0895 e. The van der Waals surface area contributed by atoms with E-state index in [1.54, 1.807) is 0 Å². The molecule has 3 heteroatoms. The Hall–Kier alpha value is -0.120. The molecule has 86 valence electrons. The minimum atomic E-state index is -0.501. The number of hydrogen-bond donors (Lipinski definition) is 2. The van der Waals surface area contributed by atoms with Crippen molar-refractivity contribution in [3.63, 3.8) is 0 Å². The summed E-state index contributed by atoms with van der Waals surface area (Å²) in [4.78, 5) is 0. The quantitative estimate of drug-likeness (QED) is 0.597. The summed E-state index contributed by atoms with van der Waals surface area (Å²) in [5.74, 6) is 0.639. The number of rotatable bonds is 9. The maximum atomic E-state index is 9.17. The zero-order valence-electron chi connectivity index (χ0n) is 9.54. The Kier molecular flexibility index (Phi) is 9.35. The molecule has 3 nitrogen and oxygen atoms in total. The van der Waals surface area contributed by atoms with Gasteiger partial charge in [-0.2, -0.15) is 0 Å². The van der Waals surface area contributed by atoms with Crippen LogP contribution >= 0.6 is 0 Å². The number of aliphatic hydroxyl groups is 1. The molecule has 3 N–H and O–H groups in total. The lowest BCUT2D eigenvalue weighted by atomic mass is 10.0. The van der Waals surface area contributed by atoms with Gasteiger partial charge in [-0.3, -0.25) is 0 Å². The lowest BCUT2D eigenvalue weighted by Gasteiger charge is -2.16. The van der Waals surface area contributed by atoms with E-state index in [1.165, 1.54) is 19.3 Å². The maximum Gasteiger partial charge on any atom is 0.0895 e. The molecule has 14 heavy (non-hydrogen) atoms. The van der Waals surface area contributed by atoms with Crippen molar-refractivity contribution in [2.24, 2.45) is 11.7 Å². The third kappa shape index (κ3) is 7.30. The van der Waals surface area contributed by atoms with Gasteiger partial charge in [0.15, 0.2) is 0 Å². The van der Waals surface area contributed by atoms with Gasteiger partial charge >= 0.3 is 0 Å². The van der Waals surface area contributed by atoms with E-state index in [1.807, 2.05) is 0 Å². The fourth-order valence-electron chi connectivity index (χ4n) is 1.34. The Balaban J connectivity index is 3.42. The zero-order chi connectivity index (χ0) is 10.8. The molecule has 0 aliphatic carbocycles. The number of aliphatic hydroxyl groups excluding tert-OH is 1. The molecule has 0 fully saturated rings. The average Bonchev–Trinajstić information content (AvgIpc) is 2.22.